The van der Waals surface area contributed by atoms with E-state index in [-0.39, 0.29) is 25.7 Å². The maximum atomic E-state index is 13.0. The first-order valence-electron chi connectivity index (χ1n) is 35.8. The number of hydrogen-bond donors (Lipinski definition) is 3. The lowest BCUT2D eigenvalue weighted by Crippen LogP contribution is -2.30. The zero-order chi connectivity index (χ0) is 65.2. The summed E-state index contributed by atoms with van der Waals surface area (Å²) in [6.45, 7) is 11.8. The second kappa shape index (κ2) is 60.0. The predicted octanol–water partition coefficient (Wildman–Crippen LogP) is 19.5. The van der Waals surface area contributed by atoms with Gasteiger partial charge in [0.15, 0.2) is 12.2 Å². The van der Waals surface area contributed by atoms with Crippen molar-refractivity contribution in [2.24, 2.45) is 17.8 Å². The predicted molar refractivity (Wildman–Crippen MR) is 354 cm³/mol. The van der Waals surface area contributed by atoms with Crippen molar-refractivity contribution in [3.05, 3.63) is 0 Å². The Kier molecular flexibility index (Phi) is 58.7. The molecule has 0 heterocycles. The average molecular weight is 1300 g/mol. The molecule has 0 saturated heterocycles. The summed E-state index contributed by atoms with van der Waals surface area (Å²) in [5, 5.41) is 10.6. The highest BCUT2D eigenvalue weighted by Gasteiger charge is 2.30. The minimum atomic E-state index is -4.95. The molecule has 0 aromatic heterocycles. The van der Waals surface area contributed by atoms with Crippen molar-refractivity contribution in [1.29, 1.82) is 0 Å². The Morgan fingerprint density at radius 1 is 0.307 bits per heavy atom. The number of hydrogen-bond acceptors (Lipinski definition) is 15. The smallest absolute Gasteiger partial charge is 0.462 e. The van der Waals surface area contributed by atoms with Crippen molar-refractivity contribution in [2.45, 2.75) is 362 Å². The molecule has 0 rings (SSSR count). The van der Waals surface area contributed by atoms with Crippen LogP contribution in [0.3, 0.4) is 0 Å². The number of esters is 4. The topological polar surface area (TPSA) is 237 Å². The molecule has 0 radical (unpaired) electrons. The Bertz CT molecular complexity index is 1730. The van der Waals surface area contributed by atoms with E-state index in [4.69, 9.17) is 37.0 Å². The number of unbranched alkanes of at least 4 members (excludes halogenated alkanes) is 35. The molecule has 0 aromatic carbocycles. The summed E-state index contributed by atoms with van der Waals surface area (Å²) < 4.78 is 68.2. The maximum Gasteiger partial charge on any atom is 0.472 e. The molecule has 5 atom stereocenters. The van der Waals surface area contributed by atoms with Crippen LogP contribution in [0.1, 0.15) is 344 Å². The van der Waals surface area contributed by atoms with Crippen LogP contribution < -0.4 is 0 Å². The highest BCUT2D eigenvalue weighted by molar-refractivity contribution is 7.47. The van der Waals surface area contributed by atoms with Crippen LogP contribution in [0.25, 0.3) is 0 Å². The van der Waals surface area contributed by atoms with Crippen LogP contribution in [0, 0.1) is 17.8 Å². The molecule has 0 aliphatic heterocycles. The van der Waals surface area contributed by atoms with Crippen LogP contribution >= 0.6 is 15.6 Å². The van der Waals surface area contributed by atoms with Crippen molar-refractivity contribution in [3.8, 4) is 0 Å². The van der Waals surface area contributed by atoms with Crippen molar-refractivity contribution in [1.82, 2.24) is 0 Å². The number of aliphatic hydroxyl groups is 1. The van der Waals surface area contributed by atoms with Crippen molar-refractivity contribution in [2.75, 3.05) is 39.6 Å². The quantitative estimate of drug-likeness (QED) is 0.0222. The van der Waals surface area contributed by atoms with Crippen LogP contribution in [0.2, 0.25) is 0 Å². The molecule has 88 heavy (non-hydrogen) atoms. The number of carbonyl (C=O) groups excluding carboxylic acids is 4. The van der Waals surface area contributed by atoms with Gasteiger partial charge in [0.1, 0.15) is 19.3 Å². The van der Waals surface area contributed by atoms with Crippen molar-refractivity contribution < 1.29 is 80.2 Å². The number of ether oxygens (including phenoxy) is 4. The third kappa shape index (κ3) is 62.8. The fraction of sp³-hybridized carbons (Fsp3) is 0.942. The van der Waals surface area contributed by atoms with E-state index in [1.54, 1.807) is 0 Å². The van der Waals surface area contributed by atoms with Gasteiger partial charge in [-0.1, -0.05) is 292 Å². The van der Waals surface area contributed by atoms with Crippen molar-refractivity contribution in [3.63, 3.8) is 0 Å². The van der Waals surface area contributed by atoms with Gasteiger partial charge in [0, 0.05) is 25.7 Å². The maximum absolute atomic E-state index is 13.0. The minimum Gasteiger partial charge on any atom is -0.462 e. The van der Waals surface area contributed by atoms with E-state index in [2.05, 4.69) is 48.5 Å². The van der Waals surface area contributed by atoms with Gasteiger partial charge >= 0.3 is 39.5 Å². The molecule has 19 heteroatoms. The van der Waals surface area contributed by atoms with E-state index < -0.39 is 97.5 Å². The SMILES string of the molecule is CCCCCCCCCCC(=O)OC[C@H](COP(=O)(O)OC[C@H](O)COP(=O)(O)OC[C@@H](COC(=O)CCCCCCCCCCCCC(C)C)OC(=O)CCCCCCCCCCCCCCC(C)C)OC(=O)CCCCCCCCCCCC(C)C. The van der Waals surface area contributed by atoms with E-state index in [0.29, 0.717) is 25.7 Å². The molecule has 17 nitrogen and oxygen atoms in total. The third-order valence-corrected chi connectivity index (χ3v) is 17.8. The standard InChI is InChI=1S/C69H134O17P2/c1-8-9-10-11-12-29-36-43-50-66(71)79-56-64(86-69(74)53-46-39-32-25-19-22-28-35-42-49-62(6)7)58-83-87(75,76)81-54-63(70)55-82-88(77,78)84-59-65(57-80-67(72)51-44-37-30-23-18-17-21-27-34-41-48-61(4)5)85-68(73)52-45-38-31-24-16-14-13-15-20-26-33-40-47-60(2)3/h60-65,70H,8-59H2,1-7H3,(H,75,76)(H,77,78)/t63-,64+,65+/m0/s1. The van der Waals surface area contributed by atoms with Gasteiger partial charge in [-0.2, -0.15) is 0 Å². The lowest BCUT2D eigenvalue weighted by atomic mass is 10.0. The Balaban J connectivity index is 5.24. The monoisotopic (exact) mass is 1300 g/mol. The zero-order valence-corrected chi connectivity index (χ0v) is 59.0. The molecule has 3 N–H and O–H groups in total. The Morgan fingerprint density at radius 2 is 0.523 bits per heavy atom. The number of phosphoric ester groups is 2. The molecule has 0 fully saturated rings. The first-order valence-corrected chi connectivity index (χ1v) is 38.8. The average Bonchev–Trinajstić information content (AvgIpc) is 3.66. The van der Waals surface area contributed by atoms with Gasteiger partial charge in [-0.15, -0.1) is 0 Å². The van der Waals surface area contributed by atoms with E-state index in [1.165, 1.54) is 148 Å². The van der Waals surface area contributed by atoms with Gasteiger partial charge < -0.3 is 33.8 Å². The van der Waals surface area contributed by atoms with Gasteiger partial charge in [0.2, 0.25) is 0 Å². The summed E-state index contributed by atoms with van der Waals surface area (Å²) in [4.78, 5) is 72.4. The summed E-state index contributed by atoms with van der Waals surface area (Å²) in [6, 6.07) is 0. The molecular formula is C69H134O17P2. The second-order valence-electron chi connectivity index (χ2n) is 26.3. The summed E-state index contributed by atoms with van der Waals surface area (Å²) in [7, 11) is -9.90. The highest BCUT2D eigenvalue weighted by Crippen LogP contribution is 2.45. The summed E-state index contributed by atoms with van der Waals surface area (Å²) >= 11 is 0. The molecule has 2 unspecified atom stereocenters. The normalized spacial score (nSPS) is 14.2. The lowest BCUT2D eigenvalue weighted by molar-refractivity contribution is -0.161. The molecule has 0 aliphatic rings. The van der Waals surface area contributed by atoms with E-state index in [0.717, 1.165) is 114 Å². The number of rotatable bonds is 67. The highest BCUT2D eigenvalue weighted by atomic mass is 31.2. The number of phosphoric acid groups is 2. The van der Waals surface area contributed by atoms with Gasteiger partial charge in [-0.25, -0.2) is 9.13 Å². The molecule has 0 bridgehead atoms. The number of aliphatic hydroxyl groups excluding tert-OH is 1. The second-order valence-corrected chi connectivity index (χ2v) is 29.3. The van der Waals surface area contributed by atoms with Crippen LogP contribution in [0.15, 0.2) is 0 Å². The fourth-order valence-corrected chi connectivity index (χ4v) is 11.9. The van der Waals surface area contributed by atoms with Crippen molar-refractivity contribution >= 4 is 39.5 Å². The summed E-state index contributed by atoms with van der Waals surface area (Å²) in [6.07, 6.45) is 43.1. The van der Waals surface area contributed by atoms with Gasteiger partial charge in [-0.3, -0.25) is 37.3 Å². The zero-order valence-electron chi connectivity index (χ0n) is 57.2. The minimum absolute atomic E-state index is 0.105. The molecule has 0 amide bonds. The molecule has 0 aromatic rings. The number of carbonyl (C=O) groups is 4. The van der Waals surface area contributed by atoms with Crippen LogP contribution in [-0.2, 0) is 65.4 Å². The van der Waals surface area contributed by atoms with Gasteiger partial charge in [0.25, 0.3) is 0 Å². The van der Waals surface area contributed by atoms with E-state index in [1.807, 2.05) is 0 Å². The van der Waals surface area contributed by atoms with Gasteiger partial charge in [0.05, 0.1) is 26.4 Å². The molecular weight excluding hydrogens is 1160 g/mol. The fourth-order valence-electron chi connectivity index (χ4n) is 10.4. The van der Waals surface area contributed by atoms with E-state index >= 15 is 0 Å². The Labute approximate surface area is 537 Å². The summed E-state index contributed by atoms with van der Waals surface area (Å²) in [5.74, 6) is 0.142. The lowest BCUT2D eigenvalue weighted by Gasteiger charge is -2.21. The molecule has 0 saturated carbocycles. The van der Waals surface area contributed by atoms with Gasteiger partial charge in [-0.05, 0) is 43.4 Å². The molecule has 0 spiro atoms. The summed E-state index contributed by atoms with van der Waals surface area (Å²) in [5.41, 5.74) is 0. The van der Waals surface area contributed by atoms with Crippen LogP contribution in [0.4, 0.5) is 0 Å². The largest absolute Gasteiger partial charge is 0.472 e. The third-order valence-electron chi connectivity index (χ3n) is 15.9. The van der Waals surface area contributed by atoms with E-state index in [9.17, 15) is 43.2 Å². The molecule has 522 valence electrons. The first-order chi connectivity index (χ1) is 42.2. The Morgan fingerprint density at radius 3 is 0.773 bits per heavy atom. The molecule has 0 aliphatic carbocycles. The first kappa shape index (κ1) is 86.1. The van der Waals surface area contributed by atoms with Crippen LogP contribution in [0.5, 0.6) is 0 Å². The Hall–Kier alpha value is -1.94. The van der Waals surface area contributed by atoms with Crippen LogP contribution in [-0.4, -0.2) is 96.7 Å².